The molecule has 0 saturated heterocycles. The average Bonchev–Trinajstić information content (AvgIpc) is 2.39. The van der Waals surface area contributed by atoms with Crippen LogP contribution in [0.1, 0.15) is 13.8 Å². The van der Waals surface area contributed by atoms with E-state index < -0.39 is 35.4 Å². The Bertz CT molecular complexity index is 442. The van der Waals surface area contributed by atoms with E-state index in [0.29, 0.717) is 12.2 Å². The maximum Gasteiger partial charge on any atom is 0.421 e. The summed E-state index contributed by atoms with van der Waals surface area (Å²) in [6.45, 7) is 1.76. The predicted molar refractivity (Wildman–Crippen MR) is 54.9 cm³/mol. The fourth-order valence-corrected chi connectivity index (χ4v) is 0.467. The van der Waals surface area contributed by atoms with Crippen LogP contribution >= 0.6 is 0 Å². The Kier molecular flexibility index (Phi) is 6.89. The minimum Gasteiger partial charge on any atom is -0.287 e. The molecule has 10 heteroatoms. The van der Waals surface area contributed by atoms with Crippen molar-refractivity contribution in [3.8, 4) is 0 Å². The second-order valence-corrected chi connectivity index (χ2v) is 2.99. The van der Waals surface area contributed by atoms with E-state index in [9.17, 15) is 28.8 Å². The second-order valence-electron chi connectivity index (χ2n) is 2.99. The van der Waals surface area contributed by atoms with Gasteiger partial charge in [-0.3, -0.25) is 9.59 Å². The maximum absolute atomic E-state index is 10.9. The summed E-state index contributed by atoms with van der Waals surface area (Å²) in [5.74, 6) is -7.45. The minimum atomic E-state index is -1.41. The van der Waals surface area contributed by atoms with E-state index in [-0.39, 0.29) is 0 Å². The minimum absolute atomic E-state index is 0.456. The average molecular weight is 288 g/mol. The van der Waals surface area contributed by atoms with Crippen molar-refractivity contribution >= 4 is 35.4 Å². The third-order valence-corrected chi connectivity index (χ3v) is 1.33. The quantitative estimate of drug-likeness (QED) is 0.266. The van der Waals surface area contributed by atoms with Crippen LogP contribution in [0.15, 0.2) is 12.2 Å². The van der Waals surface area contributed by atoms with E-state index in [2.05, 4.69) is 19.6 Å². The molecule has 0 saturated carbocycles. The SMILES string of the molecule is CC(=O)C(=O)OOC(=O)/C=C\C(=O)OOC(=O)C(C)=O. The lowest BCUT2D eigenvalue weighted by Crippen LogP contribution is -2.17. The van der Waals surface area contributed by atoms with Gasteiger partial charge in [0.25, 0.3) is 0 Å². The highest BCUT2D eigenvalue weighted by Crippen LogP contribution is 1.90. The van der Waals surface area contributed by atoms with Crippen molar-refractivity contribution in [3.05, 3.63) is 12.2 Å². The molecule has 0 aromatic carbocycles. The summed E-state index contributed by atoms with van der Waals surface area (Å²) < 4.78 is 0. The molecule has 10 nitrogen and oxygen atoms in total. The Morgan fingerprint density at radius 3 is 1.15 bits per heavy atom. The largest absolute Gasteiger partial charge is 0.421 e. The summed E-state index contributed by atoms with van der Waals surface area (Å²) >= 11 is 0. The van der Waals surface area contributed by atoms with Gasteiger partial charge in [0.2, 0.25) is 11.6 Å². The van der Waals surface area contributed by atoms with Crippen molar-refractivity contribution in [2.75, 3.05) is 0 Å². The number of hydrogen-bond donors (Lipinski definition) is 0. The van der Waals surface area contributed by atoms with Gasteiger partial charge in [0.05, 0.1) is 0 Å². The molecule has 0 radical (unpaired) electrons. The molecule has 0 aromatic heterocycles. The van der Waals surface area contributed by atoms with Crippen LogP contribution in [0.2, 0.25) is 0 Å². The third-order valence-electron chi connectivity index (χ3n) is 1.33. The summed E-state index contributed by atoms with van der Waals surface area (Å²) in [4.78, 5) is 78.8. The van der Waals surface area contributed by atoms with Gasteiger partial charge in [-0.25, -0.2) is 38.7 Å². The van der Waals surface area contributed by atoms with E-state index >= 15 is 0 Å². The van der Waals surface area contributed by atoms with Crippen molar-refractivity contribution in [3.63, 3.8) is 0 Å². The Morgan fingerprint density at radius 2 is 0.900 bits per heavy atom. The van der Waals surface area contributed by atoms with Gasteiger partial charge >= 0.3 is 23.9 Å². The molecule has 0 aliphatic carbocycles. The lowest BCUT2D eigenvalue weighted by Gasteiger charge is -1.98. The van der Waals surface area contributed by atoms with Gasteiger partial charge < -0.3 is 0 Å². The van der Waals surface area contributed by atoms with Crippen LogP contribution in [0.3, 0.4) is 0 Å². The molecule has 0 heterocycles. The van der Waals surface area contributed by atoms with Crippen LogP contribution in [0, 0.1) is 0 Å². The van der Waals surface area contributed by atoms with Crippen molar-refractivity contribution in [1.29, 1.82) is 0 Å². The van der Waals surface area contributed by atoms with Gasteiger partial charge in [-0.05, 0) is 0 Å². The normalized spacial score (nSPS) is 9.50. The van der Waals surface area contributed by atoms with Crippen LogP contribution in [0.25, 0.3) is 0 Å². The highest BCUT2D eigenvalue weighted by molar-refractivity contribution is 6.32. The summed E-state index contributed by atoms with van der Waals surface area (Å²) in [6, 6.07) is 0. The van der Waals surface area contributed by atoms with Crippen LogP contribution < -0.4 is 0 Å². The third kappa shape index (κ3) is 7.32. The molecule has 0 aliphatic rings. The Hall–Kier alpha value is -3.04. The first-order valence-electron chi connectivity index (χ1n) is 4.79. The van der Waals surface area contributed by atoms with Crippen molar-refractivity contribution in [1.82, 2.24) is 0 Å². The highest BCUT2D eigenvalue weighted by Gasteiger charge is 2.14. The zero-order chi connectivity index (χ0) is 15.7. The lowest BCUT2D eigenvalue weighted by atomic mass is 10.5. The molecule has 0 amide bonds. The standard InChI is InChI=1S/C10H8O10/c1-5(11)9(15)19-17-7(13)3-4-8(14)18-20-10(16)6(2)12/h3-4H,1-2H3/b4-3-. The molecule has 0 rings (SSSR count). The number of rotatable bonds is 4. The Morgan fingerprint density at radius 1 is 0.600 bits per heavy atom. The summed E-state index contributed by atoms with van der Waals surface area (Å²) in [7, 11) is 0. The first-order chi connectivity index (χ1) is 9.23. The van der Waals surface area contributed by atoms with Gasteiger partial charge in [-0.2, -0.15) is 0 Å². The van der Waals surface area contributed by atoms with E-state index in [0.717, 1.165) is 13.8 Å². The van der Waals surface area contributed by atoms with E-state index in [1.54, 1.807) is 0 Å². The van der Waals surface area contributed by atoms with Crippen LogP contribution in [0.4, 0.5) is 0 Å². The monoisotopic (exact) mass is 288 g/mol. The van der Waals surface area contributed by atoms with Gasteiger partial charge in [-0.15, -0.1) is 0 Å². The lowest BCUT2D eigenvalue weighted by molar-refractivity contribution is -0.253. The molecular formula is C10H8O10. The van der Waals surface area contributed by atoms with E-state index in [1.807, 2.05) is 0 Å². The molecule has 20 heavy (non-hydrogen) atoms. The number of carbonyl (C=O) groups is 6. The van der Waals surface area contributed by atoms with Gasteiger partial charge in [0.15, 0.2) is 0 Å². The van der Waals surface area contributed by atoms with E-state index in [1.165, 1.54) is 0 Å². The molecule has 0 bridgehead atoms. The summed E-state index contributed by atoms with van der Waals surface area (Å²) in [5, 5.41) is 0. The zero-order valence-corrected chi connectivity index (χ0v) is 10.2. The topological polar surface area (TPSA) is 139 Å². The van der Waals surface area contributed by atoms with Crippen molar-refractivity contribution < 1.29 is 48.3 Å². The fourth-order valence-electron chi connectivity index (χ4n) is 0.467. The number of ketones is 2. The Labute approximate surface area is 111 Å². The van der Waals surface area contributed by atoms with E-state index in [4.69, 9.17) is 0 Å². The molecule has 108 valence electrons. The smallest absolute Gasteiger partial charge is 0.287 e. The molecule has 0 spiro atoms. The fraction of sp³-hybridized carbons (Fsp3) is 0.200. The number of hydrogen-bond acceptors (Lipinski definition) is 10. The van der Waals surface area contributed by atoms with Crippen molar-refractivity contribution in [2.45, 2.75) is 13.8 Å². The van der Waals surface area contributed by atoms with Gasteiger partial charge in [-0.1, -0.05) is 0 Å². The first-order valence-corrected chi connectivity index (χ1v) is 4.79. The van der Waals surface area contributed by atoms with Crippen LogP contribution in [-0.2, 0) is 48.3 Å². The molecule has 0 fully saturated rings. The van der Waals surface area contributed by atoms with Gasteiger partial charge in [0, 0.05) is 26.0 Å². The summed E-state index contributed by atoms with van der Waals surface area (Å²) in [5.41, 5.74) is 0. The molecule has 0 atom stereocenters. The Balaban J connectivity index is 4.09. The van der Waals surface area contributed by atoms with Crippen LogP contribution in [-0.4, -0.2) is 35.4 Å². The van der Waals surface area contributed by atoms with Gasteiger partial charge in [0.1, 0.15) is 0 Å². The molecule has 0 N–H and O–H groups in total. The zero-order valence-electron chi connectivity index (χ0n) is 10.2. The predicted octanol–water partition coefficient (Wildman–Crippen LogP) is -1.28. The highest BCUT2D eigenvalue weighted by atomic mass is 17.2. The molecular weight excluding hydrogens is 280 g/mol. The molecule has 0 aliphatic heterocycles. The molecule has 0 unspecified atom stereocenters. The van der Waals surface area contributed by atoms with Crippen LogP contribution in [0.5, 0.6) is 0 Å². The second kappa shape index (κ2) is 8.13. The number of Topliss-reactive ketones (excluding diaryl/α,β-unsaturated/α-hetero) is 2. The first kappa shape index (κ1) is 17.0. The number of carbonyl (C=O) groups excluding carboxylic acids is 6. The molecule has 0 aromatic rings. The van der Waals surface area contributed by atoms with Crippen molar-refractivity contribution in [2.24, 2.45) is 0 Å². The summed E-state index contributed by atoms with van der Waals surface area (Å²) in [6.07, 6.45) is 0.911. The maximum atomic E-state index is 10.9.